The van der Waals surface area contributed by atoms with E-state index in [0.29, 0.717) is 0 Å². The molecular weight excluding hydrogens is 515 g/mol. The number of pyridine rings is 1. The molecule has 0 spiro atoms. The summed E-state index contributed by atoms with van der Waals surface area (Å²) in [5, 5.41) is 6.97. The van der Waals surface area contributed by atoms with Crippen LogP contribution in [0.5, 0.6) is 0 Å². The lowest BCUT2D eigenvalue weighted by atomic mass is 10.2. The molecule has 2 fully saturated rings. The third-order valence-corrected chi connectivity index (χ3v) is 6.34. The van der Waals surface area contributed by atoms with Crippen molar-refractivity contribution in [3.8, 4) is 0 Å². The Morgan fingerprint density at radius 1 is 1.06 bits per heavy atom. The van der Waals surface area contributed by atoms with E-state index >= 15 is 0 Å². The molecule has 0 radical (unpaired) electrons. The van der Waals surface area contributed by atoms with Crippen LogP contribution in [0.1, 0.15) is 55.9 Å². The van der Waals surface area contributed by atoms with Gasteiger partial charge in [-0.15, -0.1) is 24.0 Å². The molecule has 4 rings (SSSR count). The quantitative estimate of drug-likeness (QED) is 0.305. The number of aliphatic imine (C=N–C) groups is 1. The normalized spacial score (nSPS) is 18.7. The molecule has 2 aromatic rings. The minimum Gasteiger partial charge on any atom is -0.468 e. The maximum atomic E-state index is 5.73. The summed E-state index contributed by atoms with van der Waals surface area (Å²) >= 11 is 0. The van der Waals surface area contributed by atoms with Crippen LogP contribution in [-0.4, -0.2) is 55.6 Å². The number of nitrogens with one attached hydrogen (secondary N) is 2. The van der Waals surface area contributed by atoms with Crippen LogP contribution in [0, 0.1) is 0 Å². The predicted molar refractivity (Wildman–Crippen MR) is 141 cm³/mol. The molecule has 2 aromatic heterocycles. The summed E-state index contributed by atoms with van der Waals surface area (Å²) < 4.78 is 5.73. The highest BCUT2D eigenvalue weighted by molar-refractivity contribution is 14.0. The summed E-state index contributed by atoms with van der Waals surface area (Å²) in [7, 11) is 1.82. The summed E-state index contributed by atoms with van der Waals surface area (Å²) in [6, 6.07) is 8.56. The van der Waals surface area contributed by atoms with E-state index in [1.54, 1.807) is 6.26 Å². The van der Waals surface area contributed by atoms with Gasteiger partial charge in [0.05, 0.1) is 12.3 Å². The summed E-state index contributed by atoms with van der Waals surface area (Å²) in [5.41, 5.74) is 1.22. The van der Waals surface area contributed by atoms with Crippen LogP contribution >= 0.6 is 24.0 Å². The summed E-state index contributed by atoms with van der Waals surface area (Å²) in [6.45, 7) is 5.95. The number of furan rings is 1. The fraction of sp³-hybridized carbons (Fsp3) is 0.583. The van der Waals surface area contributed by atoms with Gasteiger partial charge in [-0.05, 0) is 68.6 Å². The van der Waals surface area contributed by atoms with Crippen LogP contribution in [0.4, 0.5) is 5.82 Å². The summed E-state index contributed by atoms with van der Waals surface area (Å²) in [4.78, 5) is 14.0. The molecule has 176 valence electrons. The number of hydrogen-bond donors (Lipinski definition) is 2. The summed E-state index contributed by atoms with van der Waals surface area (Å²) in [5.74, 6) is 2.92. The first-order chi connectivity index (χ1) is 15.3. The molecule has 4 heterocycles. The highest BCUT2D eigenvalue weighted by Crippen LogP contribution is 2.25. The van der Waals surface area contributed by atoms with Gasteiger partial charge in [-0.2, -0.15) is 0 Å². The second-order valence-electron chi connectivity index (χ2n) is 8.50. The van der Waals surface area contributed by atoms with Crippen molar-refractivity contribution in [2.75, 3.05) is 44.7 Å². The molecule has 0 aliphatic carbocycles. The maximum absolute atomic E-state index is 5.73. The average Bonchev–Trinajstić information content (AvgIpc) is 3.47. The van der Waals surface area contributed by atoms with Crippen molar-refractivity contribution in [2.24, 2.45) is 4.99 Å². The van der Waals surface area contributed by atoms with E-state index < -0.39 is 0 Å². The smallest absolute Gasteiger partial charge is 0.191 e. The molecule has 2 aliphatic rings. The molecule has 2 N–H and O–H groups in total. The Kier molecular flexibility index (Phi) is 10.1. The third kappa shape index (κ3) is 6.84. The van der Waals surface area contributed by atoms with E-state index in [1.165, 1.54) is 44.1 Å². The number of anilines is 1. The van der Waals surface area contributed by atoms with Crippen LogP contribution in [0.25, 0.3) is 0 Å². The highest BCUT2D eigenvalue weighted by atomic mass is 127. The number of rotatable bonds is 7. The van der Waals surface area contributed by atoms with Crippen molar-refractivity contribution in [1.29, 1.82) is 0 Å². The van der Waals surface area contributed by atoms with Gasteiger partial charge in [0.2, 0.25) is 0 Å². The van der Waals surface area contributed by atoms with Crippen LogP contribution in [0.15, 0.2) is 46.1 Å². The molecule has 8 heteroatoms. The zero-order valence-electron chi connectivity index (χ0n) is 19.1. The SMILES string of the molecule is CN=C(NCc1ccnc(N2CCCCCC2)c1)NCC(c1ccco1)N1CCCC1.I. The van der Waals surface area contributed by atoms with Crippen molar-refractivity contribution < 1.29 is 4.42 Å². The molecule has 0 bridgehead atoms. The Labute approximate surface area is 209 Å². The number of hydrogen-bond acceptors (Lipinski definition) is 5. The monoisotopic (exact) mass is 552 g/mol. The molecule has 0 saturated carbocycles. The van der Waals surface area contributed by atoms with Crippen molar-refractivity contribution >= 4 is 35.8 Å². The highest BCUT2D eigenvalue weighted by Gasteiger charge is 2.25. The number of halogens is 1. The second kappa shape index (κ2) is 13.0. The van der Waals surface area contributed by atoms with Gasteiger partial charge < -0.3 is 20.0 Å². The Morgan fingerprint density at radius 2 is 1.81 bits per heavy atom. The molecule has 0 aromatic carbocycles. The van der Waals surface area contributed by atoms with E-state index in [-0.39, 0.29) is 30.0 Å². The Hall–Kier alpha value is -1.81. The Morgan fingerprint density at radius 3 is 2.50 bits per heavy atom. The van der Waals surface area contributed by atoms with Crippen molar-refractivity contribution in [3.63, 3.8) is 0 Å². The van der Waals surface area contributed by atoms with E-state index in [0.717, 1.165) is 56.8 Å². The predicted octanol–water partition coefficient (Wildman–Crippen LogP) is 4.18. The fourth-order valence-electron chi connectivity index (χ4n) is 4.59. The van der Waals surface area contributed by atoms with Gasteiger partial charge in [-0.1, -0.05) is 12.8 Å². The van der Waals surface area contributed by atoms with E-state index in [4.69, 9.17) is 4.42 Å². The molecule has 0 amide bonds. The van der Waals surface area contributed by atoms with Crippen LogP contribution < -0.4 is 15.5 Å². The zero-order valence-corrected chi connectivity index (χ0v) is 21.5. The number of nitrogens with zero attached hydrogens (tertiary/aromatic N) is 4. The molecule has 2 aliphatic heterocycles. The number of likely N-dealkylation sites (tertiary alicyclic amines) is 1. The van der Waals surface area contributed by atoms with Crippen LogP contribution in [0.3, 0.4) is 0 Å². The van der Waals surface area contributed by atoms with Crippen molar-refractivity contribution in [1.82, 2.24) is 20.5 Å². The van der Waals surface area contributed by atoms with E-state index in [2.05, 4.69) is 48.6 Å². The number of aromatic nitrogens is 1. The largest absolute Gasteiger partial charge is 0.468 e. The average molecular weight is 553 g/mol. The lowest BCUT2D eigenvalue weighted by Gasteiger charge is -2.26. The van der Waals surface area contributed by atoms with Crippen LogP contribution in [0.2, 0.25) is 0 Å². The minimum atomic E-state index is 0. The van der Waals surface area contributed by atoms with Gasteiger partial charge >= 0.3 is 0 Å². The van der Waals surface area contributed by atoms with Gasteiger partial charge in [0, 0.05) is 39.4 Å². The molecular formula is C24H37IN6O. The first-order valence-electron chi connectivity index (χ1n) is 11.8. The first kappa shape index (κ1) is 24.8. The third-order valence-electron chi connectivity index (χ3n) is 6.34. The lowest BCUT2D eigenvalue weighted by molar-refractivity contribution is 0.215. The Balaban J connectivity index is 0.00000289. The maximum Gasteiger partial charge on any atom is 0.191 e. The molecule has 32 heavy (non-hydrogen) atoms. The van der Waals surface area contributed by atoms with Gasteiger partial charge in [0.15, 0.2) is 5.96 Å². The van der Waals surface area contributed by atoms with Gasteiger partial charge in [-0.25, -0.2) is 4.98 Å². The van der Waals surface area contributed by atoms with E-state index in [1.807, 2.05) is 19.3 Å². The molecule has 2 saturated heterocycles. The topological polar surface area (TPSA) is 68.9 Å². The fourth-order valence-corrected chi connectivity index (χ4v) is 4.59. The standard InChI is InChI=1S/C24H36N6O.HI/c1-25-24(28-19-21(22-9-8-16-31-22)29-12-6-7-13-29)27-18-20-10-11-26-23(17-20)30-14-4-2-3-5-15-30;/h8-11,16-17,21H,2-7,12-15,18-19H2,1H3,(H2,25,27,28);1H. The van der Waals surface area contributed by atoms with Gasteiger partial charge in [-0.3, -0.25) is 9.89 Å². The molecule has 1 unspecified atom stereocenters. The zero-order chi connectivity index (χ0) is 21.3. The van der Waals surface area contributed by atoms with Crippen molar-refractivity contribution in [2.45, 2.75) is 51.1 Å². The van der Waals surface area contributed by atoms with Gasteiger partial charge in [0.25, 0.3) is 0 Å². The summed E-state index contributed by atoms with van der Waals surface area (Å²) in [6.07, 6.45) is 11.4. The Bertz CT molecular complexity index is 814. The molecule has 1 atom stereocenters. The van der Waals surface area contributed by atoms with Crippen molar-refractivity contribution in [3.05, 3.63) is 48.0 Å². The second-order valence-corrected chi connectivity index (χ2v) is 8.50. The van der Waals surface area contributed by atoms with E-state index in [9.17, 15) is 0 Å². The first-order valence-corrected chi connectivity index (χ1v) is 11.8. The molecule has 7 nitrogen and oxygen atoms in total. The minimum absolute atomic E-state index is 0. The van der Waals surface area contributed by atoms with Crippen LogP contribution in [-0.2, 0) is 6.54 Å². The van der Waals surface area contributed by atoms with Gasteiger partial charge in [0.1, 0.15) is 11.6 Å². The lowest BCUT2D eigenvalue weighted by Crippen LogP contribution is -2.42. The number of guanidine groups is 1.